The first-order chi connectivity index (χ1) is 11.1. The lowest BCUT2D eigenvalue weighted by atomic mass is 10.1. The average molecular weight is 348 g/mol. The lowest BCUT2D eigenvalue weighted by Crippen LogP contribution is -2.14. The molecule has 1 N–H and O–H groups in total. The molecule has 23 heavy (non-hydrogen) atoms. The van der Waals surface area contributed by atoms with Crippen LogP contribution in [0.25, 0.3) is 21.3 Å². The second-order valence-corrected chi connectivity index (χ2v) is 6.84. The summed E-state index contributed by atoms with van der Waals surface area (Å²) in [5.41, 5.74) is 2.55. The van der Waals surface area contributed by atoms with Gasteiger partial charge in [0.15, 0.2) is 5.13 Å². The number of amides is 1. The number of benzene rings is 1. The molecule has 1 aliphatic carbocycles. The Hall–Kier alpha value is -2.05. The molecule has 1 fully saturated rings. The second-order valence-electron chi connectivity index (χ2n) is 5.40. The van der Waals surface area contributed by atoms with Crippen LogP contribution in [0, 0.1) is 5.92 Å². The summed E-state index contributed by atoms with van der Waals surface area (Å²) in [6.07, 6.45) is 2.65. The fourth-order valence-electron chi connectivity index (χ4n) is 2.37. The summed E-state index contributed by atoms with van der Waals surface area (Å²) in [5.74, 6) is -0.821. The zero-order chi connectivity index (χ0) is 16.0. The molecule has 2 unspecified atom stereocenters. The predicted octanol–water partition coefficient (Wildman–Crippen LogP) is 4.31. The molecule has 0 spiro atoms. The Morgan fingerprint density at radius 1 is 1.39 bits per heavy atom. The number of carbonyl (C=O) groups is 1. The first-order valence-corrected chi connectivity index (χ1v) is 8.26. The van der Waals surface area contributed by atoms with Crippen molar-refractivity contribution in [3.8, 4) is 11.1 Å². The Balaban J connectivity index is 1.64. The van der Waals surface area contributed by atoms with Gasteiger partial charge in [-0.3, -0.25) is 9.78 Å². The smallest absolute Gasteiger partial charge is 0.232 e. The van der Waals surface area contributed by atoms with Crippen molar-refractivity contribution in [2.45, 2.75) is 12.6 Å². The van der Waals surface area contributed by atoms with Crippen LogP contribution >= 0.6 is 22.9 Å². The number of carbonyl (C=O) groups excluding carboxylic acids is 1. The molecule has 116 valence electrons. The molecule has 1 aliphatic rings. The third kappa shape index (κ3) is 2.80. The van der Waals surface area contributed by atoms with Crippen LogP contribution in [-0.4, -0.2) is 22.0 Å². The van der Waals surface area contributed by atoms with Gasteiger partial charge in [0.05, 0.1) is 21.2 Å². The quantitative estimate of drug-likeness (QED) is 0.768. The van der Waals surface area contributed by atoms with Crippen molar-refractivity contribution < 1.29 is 9.18 Å². The summed E-state index contributed by atoms with van der Waals surface area (Å²) < 4.78 is 13.8. The summed E-state index contributed by atoms with van der Waals surface area (Å²) in [4.78, 5) is 20.2. The number of rotatable bonds is 3. The summed E-state index contributed by atoms with van der Waals surface area (Å²) in [6, 6.07) is 7.48. The predicted molar refractivity (Wildman–Crippen MR) is 89.5 cm³/mol. The number of fused-ring (bicyclic) bond motifs is 1. The van der Waals surface area contributed by atoms with Gasteiger partial charge < -0.3 is 5.32 Å². The number of nitrogens with one attached hydrogen (secondary N) is 1. The Kier molecular flexibility index (Phi) is 3.50. The second kappa shape index (κ2) is 5.54. The van der Waals surface area contributed by atoms with Gasteiger partial charge in [-0.05, 0) is 30.2 Å². The number of aromatic nitrogens is 2. The molecule has 7 heteroatoms. The van der Waals surface area contributed by atoms with Gasteiger partial charge in [0.2, 0.25) is 5.91 Å². The van der Waals surface area contributed by atoms with Gasteiger partial charge >= 0.3 is 0 Å². The van der Waals surface area contributed by atoms with Crippen LogP contribution in [0.4, 0.5) is 9.52 Å². The molecule has 2 atom stereocenters. The van der Waals surface area contributed by atoms with E-state index in [0.29, 0.717) is 16.6 Å². The highest BCUT2D eigenvalue weighted by atomic mass is 35.5. The van der Waals surface area contributed by atoms with Crippen LogP contribution in [0.15, 0.2) is 36.7 Å². The fraction of sp³-hybridized carbons (Fsp3) is 0.188. The maximum atomic E-state index is 12.9. The number of halogens is 2. The number of alkyl halides is 1. The van der Waals surface area contributed by atoms with Crippen LogP contribution in [-0.2, 0) is 4.79 Å². The number of nitrogens with zero attached hydrogens (tertiary/aromatic N) is 2. The Morgan fingerprint density at radius 3 is 2.96 bits per heavy atom. The van der Waals surface area contributed by atoms with Gasteiger partial charge in [-0.2, -0.15) is 0 Å². The van der Waals surface area contributed by atoms with Crippen LogP contribution in [0.1, 0.15) is 6.42 Å². The van der Waals surface area contributed by atoms with Gasteiger partial charge in [0.1, 0.15) is 6.17 Å². The van der Waals surface area contributed by atoms with Crippen molar-refractivity contribution in [3.63, 3.8) is 0 Å². The average Bonchev–Trinajstić information content (AvgIpc) is 3.13. The van der Waals surface area contributed by atoms with Gasteiger partial charge in [-0.1, -0.05) is 29.0 Å². The minimum Gasteiger partial charge on any atom is -0.302 e. The minimum absolute atomic E-state index is 0.299. The Bertz CT molecular complexity index is 913. The molecule has 0 bridgehead atoms. The van der Waals surface area contributed by atoms with Crippen molar-refractivity contribution >= 4 is 44.2 Å². The number of anilines is 1. The molecular weight excluding hydrogens is 337 g/mol. The maximum absolute atomic E-state index is 12.9. The molecule has 0 aliphatic heterocycles. The SMILES string of the molecule is O=C(Nc1nc2ccc(-c3cnccc3Cl)cc2s1)C1CC1F. The molecule has 0 saturated heterocycles. The number of hydrogen-bond acceptors (Lipinski definition) is 4. The summed E-state index contributed by atoms with van der Waals surface area (Å²) in [6.45, 7) is 0. The zero-order valence-corrected chi connectivity index (χ0v) is 13.4. The van der Waals surface area contributed by atoms with Crippen LogP contribution in [0.3, 0.4) is 0 Å². The number of thiazole rings is 1. The van der Waals surface area contributed by atoms with Crippen molar-refractivity contribution in [1.29, 1.82) is 0 Å². The molecule has 1 amide bonds. The van der Waals surface area contributed by atoms with Crippen LogP contribution in [0.5, 0.6) is 0 Å². The number of pyridine rings is 1. The van der Waals surface area contributed by atoms with Crippen LogP contribution < -0.4 is 5.32 Å². The standard InChI is InChI=1S/C16H11ClFN3OS/c17-11-3-4-19-7-10(11)8-1-2-13-14(5-8)23-16(20-13)21-15(22)9-6-12(9)18/h1-5,7,9,12H,6H2,(H,20,21,22). The van der Waals surface area contributed by atoms with Gasteiger partial charge in [-0.15, -0.1) is 0 Å². The van der Waals surface area contributed by atoms with Gasteiger partial charge in [-0.25, -0.2) is 9.37 Å². The Morgan fingerprint density at radius 2 is 2.22 bits per heavy atom. The lowest BCUT2D eigenvalue weighted by Gasteiger charge is -2.02. The highest BCUT2D eigenvalue weighted by Gasteiger charge is 2.43. The normalized spacial score (nSPS) is 19.7. The van der Waals surface area contributed by atoms with Gasteiger partial charge in [0.25, 0.3) is 0 Å². The first kappa shape index (κ1) is 14.5. The van der Waals surface area contributed by atoms with E-state index in [-0.39, 0.29) is 5.91 Å². The van der Waals surface area contributed by atoms with E-state index < -0.39 is 12.1 Å². The van der Waals surface area contributed by atoms with E-state index in [1.807, 2.05) is 18.2 Å². The van der Waals surface area contributed by atoms with E-state index in [0.717, 1.165) is 21.3 Å². The minimum atomic E-state index is -1.01. The van der Waals surface area contributed by atoms with Crippen molar-refractivity contribution in [2.24, 2.45) is 5.92 Å². The highest BCUT2D eigenvalue weighted by Crippen LogP contribution is 2.36. The summed E-state index contributed by atoms with van der Waals surface area (Å²) in [7, 11) is 0. The van der Waals surface area contributed by atoms with Crippen molar-refractivity contribution in [3.05, 3.63) is 41.7 Å². The molecule has 2 heterocycles. The molecule has 2 aromatic heterocycles. The fourth-order valence-corrected chi connectivity index (χ4v) is 3.49. The maximum Gasteiger partial charge on any atom is 0.232 e. The largest absolute Gasteiger partial charge is 0.302 e. The summed E-state index contributed by atoms with van der Waals surface area (Å²) in [5, 5.41) is 3.79. The van der Waals surface area contributed by atoms with Crippen molar-refractivity contribution in [1.82, 2.24) is 9.97 Å². The molecule has 0 radical (unpaired) electrons. The van der Waals surface area contributed by atoms with E-state index >= 15 is 0 Å². The van der Waals surface area contributed by atoms with E-state index in [1.54, 1.807) is 18.5 Å². The molecule has 4 nitrogen and oxygen atoms in total. The summed E-state index contributed by atoms with van der Waals surface area (Å²) >= 11 is 7.55. The van der Waals surface area contributed by atoms with E-state index in [1.165, 1.54) is 11.3 Å². The van der Waals surface area contributed by atoms with E-state index in [2.05, 4.69) is 15.3 Å². The third-order valence-electron chi connectivity index (χ3n) is 3.75. The van der Waals surface area contributed by atoms with Crippen LogP contribution in [0.2, 0.25) is 5.02 Å². The van der Waals surface area contributed by atoms with Gasteiger partial charge in [0, 0.05) is 18.0 Å². The van der Waals surface area contributed by atoms with E-state index in [4.69, 9.17) is 11.6 Å². The van der Waals surface area contributed by atoms with Crippen molar-refractivity contribution in [2.75, 3.05) is 5.32 Å². The Labute approximate surface area is 140 Å². The molecule has 3 aromatic rings. The monoisotopic (exact) mass is 347 g/mol. The molecular formula is C16H11ClFN3OS. The highest BCUT2D eigenvalue weighted by molar-refractivity contribution is 7.22. The zero-order valence-electron chi connectivity index (χ0n) is 11.8. The third-order valence-corrected chi connectivity index (χ3v) is 5.01. The topological polar surface area (TPSA) is 54.9 Å². The first-order valence-electron chi connectivity index (χ1n) is 7.07. The molecule has 1 aromatic carbocycles. The number of hydrogen-bond donors (Lipinski definition) is 1. The van der Waals surface area contributed by atoms with E-state index in [9.17, 15) is 9.18 Å². The molecule has 1 saturated carbocycles. The lowest BCUT2D eigenvalue weighted by molar-refractivity contribution is -0.117. The molecule has 4 rings (SSSR count).